The number of pyridine rings is 2. The molecule has 0 aliphatic carbocycles. The van der Waals surface area contributed by atoms with Crippen molar-refractivity contribution >= 4 is 35.8 Å². The summed E-state index contributed by atoms with van der Waals surface area (Å²) in [5.74, 6) is 2.64. The van der Waals surface area contributed by atoms with E-state index in [1.807, 2.05) is 37.4 Å². The van der Waals surface area contributed by atoms with E-state index in [9.17, 15) is 0 Å². The molecule has 0 unspecified atom stereocenters. The number of aromatic nitrogens is 2. The minimum Gasteiger partial charge on any atom is -0.478 e. The number of nitrogens with zero attached hydrogens (tertiary/aromatic N) is 5. The van der Waals surface area contributed by atoms with Crippen molar-refractivity contribution in [2.24, 2.45) is 4.99 Å². The van der Waals surface area contributed by atoms with Crippen LogP contribution in [0.25, 0.3) is 0 Å². The van der Waals surface area contributed by atoms with Crippen LogP contribution in [0.1, 0.15) is 19.4 Å². The Balaban J connectivity index is 0.00000280. The molecule has 8 heteroatoms. The number of hydrogen-bond acceptors (Lipinski definition) is 5. The molecule has 0 spiro atoms. The van der Waals surface area contributed by atoms with Crippen LogP contribution in [0.15, 0.2) is 47.7 Å². The zero-order valence-corrected chi connectivity index (χ0v) is 18.9. The molecule has 2 aromatic heterocycles. The van der Waals surface area contributed by atoms with E-state index in [-0.39, 0.29) is 24.0 Å². The molecule has 3 rings (SSSR count). The molecule has 1 aliphatic rings. The molecule has 0 bridgehead atoms. The highest BCUT2D eigenvalue weighted by atomic mass is 127. The van der Waals surface area contributed by atoms with Gasteiger partial charge in [0.25, 0.3) is 0 Å². The quantitative estimate of drug-likeness (QED) is 0.377. The molecular formula is C20H29IN6O. The van der Waals surface area contributed by atoms with Gasteiger partial charge in [-0.25, -0.2) is 15.0 Å². The minimum atomic E-state index is 0. The lowest BCUT2D eigenvalue weighted by molar-refractivity contribution is 0.326. The van der Waals surface area contributed by atoms with Crippen molar-refractivity contribution in [3.63, 3.8) is 0 Å². The summed E-state index contributed by atoms with van der Waals surface area (Å²) in [6, 6.07) is 9.98. The van der Waals surface area contributed by atoms with Crippen molar-refractivity contribution in [3.8, 4) is 5.88 Å². The van der Waals surface area contributed by atoms with E-state index in [1.165, 1.54) is 0 Å². The van der Waals surface area contributed by atoms with E-state index < -0.39 is 0 Å². The number of anilines is 1. The first kappa shape index (κ1) is 22.2. The first-order valence-electron chi connectivity index (χ1n) is 9.57. The molecule has 0 amide bonds. The van der Waals surface area contributed by atoms with E-state index in [2.05, 4.69) is 38.1 Å². The topological polar surface area (TPSA) is 65.9 Å². The molecule has 3 heterocycles. The molecule has 7 nitrogen and oxygen atoms in total. The Kier molecular flexibility index (Phi) is 9.26. The summed E-state index contributed by atoms with van der Waals surface area (Å²) >= 11 is 0. The van der Waals surface area contributed by atoms with Gasteiger partial charge in [0.1, 0.15) is 5.82 Å². The molecule has 1 N–H and O–H groups in total. The van der Waals surface area contributed by atoms with Gasteiger partial charge in [0.05, 0.1) is 13.2 Å². The Morgan fingerprint density at radius 2 is 1.93 bits per heavy atom. The lowest BCUT2D eigenvalue weighted by Crippen LogP contribution is -2.52. The lowest BCUT2D eigenvalue weighted by atomic mass is 10.2. The second kappa shape index (κ2) is 11.7. The zero-order valence-electron chi connectivity index (χ0n) is 16.5. The van der Waals surface area contributed by atoms with Gasteiger partial charge in [-0.05, 0) is 37.6 Å². The third kappa shape index (κ3) is 6.22. The van der Waals surface area contributed by atoms with Gasteiger partial charge in [-0.2, -0.15) is 0 Å². The highest BCUT2D eigenvalue weighted by Gasteiger charge is 2.20. The molecule has 0 atom stereocenters. The SMILES string of the molecule is CCNC(=NCc1ccnc(OCC)c1)N1CCN(c2ccccn2)CC1.I. The fourth-order valence-corrected chi connectivity index (χ4v) is 3.06. The summed E-state index contributed by atoms with van der Waals surface area (Å²) in [6.07, 6.45) is 3.62. The van der Waals surface area contributed by atoms with Crippen LogP contribution in [0.4, 0.5) is 5.82 Å². The summed E-state index contributed by atoms with van der Waals surface area (Å²) in [4.78, 5) is 18.1. The van der Waals surface area contributed by atoms with Gasteiger partial charge < -0.3 is 19.9 Å². The largest absolute Gasteiger partial charge is 0.478 e. The highest BCUT2D eigenvalue weighted by molar-refractivity contribution is 14.0. The third-order valence-electron chi connectivity index (χ3n) is 4.39. The van der Waals surface area contributed by atoms with Crippen molar-refractivity contribution in [3.05, 3.63) is 48.3 Å². The Bertz CT molecular complexity index is 734. The highest BCUT2D eigenvalue weighted by Crippen LogP contribution is 2.14. The first-order chi connectivity index (χ1) is 13.3. The first-order valence-corrected chi connectivity index (χ1v) is 9.57. The summed E-state index contributed by atoms with van der Waals surface area (Å²) in [6.45, 7) is 9.83. The van der Waals surface area contributed by atoms with Crippen LogP contribution in [0.5, 0.6) is 5.88 Å². The van der Waals surface area contributed by atoms with Crippen molar-refractivity contribution in [1.82, 2.24) is 20.2 Å². The molecule has 0 radical (unpaired) electrons. The molecule has 0 saturated carbocycles. The van der Waals surface area contributed by atoms with Gasteiger partial charge in [-0.15, -0.1) is 24.0 Å². The average Bonchev–Trinajstić information content (AvgIpc) is 2.72. The maximum atomic E-state index is 5.47. The van der Waals surface area contributed by atoms with Crippen molar-refractivity contribution in [2.75, 3.05) is 44.2 Å². The molecule has 1 aliphatic heterocycles. The van der Waals surface area contributed by atoms with Crippen LogP contribution < -0.4 is 15.0 Å². The monoisotopic (exact) mass is 496 g/mol. The molecule has 1 fully saturated rings. The van der Waals surface area contributed by atoms with Crippen LogP contribution in [0.3, 0.4) is 0 Å². The van der Waals surface area contributed by atoms with Crippen LogP contribution in [0.2, 0.25) is 0 Å². The van der Waals surface area contributed by atoms with Crippen molar-refractivity contribution in [2.45, 2.75) is 20.4 Å². The standard InChI is InChI=1S/C20H28N6O.HI/c1-3-21-20(24-16-17-8-10-23-19(15-17)27-4-2)26-13-11-25(12-14-26)18-7-5-6-9-22-18;/h5-10,15H,3-4,11-14,16H2,1-2H3,(H,21,24);1H. The average molecular weight is 496 g/mol. The van der Waals surface area contributed by atoms with Gasteiger partial charge in [0, 0.05) is 51.2 Å². The molecule has 28 heavy (non-hydrogen) atoms. The second-order valence-corrected chi connectivity index (χ2v) is 6.27. The van der Waals surface area contributed by atoms with Crippen LogP contribution in [-0.4, -0.2) is 60.2 Å². The summed E-state index contributed by atoms with van der Waals surface area (Å²) in [7, 11) is 0. The number of ether oxygens (including phenoxy) is 1. The minimum absolute atomic E-state index is 0. The van der Waals surface area contributed by atoms with E-state index in [1.54, 1.807) is 6.20 Å². The number of nitrogens with one attached hydrogen (secondary N) is 1. The van der Waals surface area contributed by atoms with Gasteiger partial charge in [-0.3, -0.25) is 0 Å². The predicted octanol–water partition coefficient (Wildman–Crippen LogP) is 2.78. The van der Waals surface area contributed by atoms with Crippen molar-refractivity contribution < 1.29 is 4.74 Å². The van der Waals surface area contributed by atoms with Gasteiger partial charge in [0.2, 0.25) is 5.88 Å². The molecule has 0 aromatic carbocycles. The fraction of sp³-hybridized carbons (Fsp3) is 0.450. The van der Waals surface area contributed by atoms with Crippen molar-refractivity contribution in [1.29, 1.82) is 0 Å². The number of aliphatic imine (C=N–C) groups is 1. The van der Waals surface area contributed by atoms with E-state index in [0.29, 0.717) is 19.0 Å². The Hall–Kier alpha value is -2.10. The van der Waals surface area contributed by atoms with E-state index >= 15 is 0 Å². The number of halogens is 1. The molecular weight excluding hydrogens is 467 g/mol. The number of hydrogen-bond donors (Lipinski definition) is 1. The fourth-order valence-electron chi connectivity index (χ4n) is 3.06. The Morgan fingerprint density at radius 3 is 2.61 bits per heavy atom. The number of rotatable bonds is 6. The second-order valence-electron chi connectivity index (χ2n) is 6.27. The van der Waals surface area contributed by atoms with E-state index in [4.69, 9.17) is 9.73 Å². The summed E-state index contributed by atoms with van der Waals surface area (Å²) in [5, 5.41) is 3.41. The number of guanidine groups is 1. The molecule has 1 saturated heterocycles. The zero-order chi connectivity index (χ0) is 18.9. The Morgan fingerprint density at radius 1 is 1.11 bits per heavy atom. The Labute approximate surface area is 184 Å². The lowest BCUT2D eigenvalue weighted by Gasteiger charge is -2.37. The van der Waals surface area contributed by atoms with Crippen LogP contribution in [0, 0.1) is 0 Å². The van der Waals surface area contributed by atoms with Crippen LogP contribution in [-0.2, 0) is 6.54 Å². The summed E-state index contributed by atoms with van der Waals surface area (Å²) < 4.78 is 5.47. The van der Waals surface area contributed by atoms with Gasteiger partial charge in [0.15, 0.2) is 5.96 Å². The molecule has 2 aromatic rings. The normalized spacial score (nSPS) is 14.4. The maximum Gasteiger partial charge on any atom is 0.213 e. The predicted molar refractivity (Wildman–Crippen MR) is 124 cm³/mol. The smallest absolute Gasteiger partial charge is 0.213 e. The molecule has 152 valence electrons. The van der Waals surface area contributed by atoms with Gasteiger partial charge in [-0.1, -0.05) is 6.07 Å². The van der Waals surface area contributed by atoms with E-state index in [0.717, 1.165) is 50.1 Å². The van der Waals surface area contributed by atoms with Crippen LogP contribution >= 0.6 is 24.0 Å². The van der Waals surface area contributed by atoms with Gasteiger partial charge >= 0.3 is 0 Å². The number of piperazine rings is 1. The third-order valence-corrected chi connectivity index (χ3v) is 4.39. The summed E-state index contributed by atoms with van der Waals surface area (Å²) in [5.41, 5.74) is 1.09. The maximum absolute atomic E-state index is 5.47.